The van der Waals surface area contributed by atoms with Crippen LogP contribution < -0.4 is 15.4 Å². The van der Waals surface area contributed by atoms with Crippen LogP contribution in [-0.4, -0.2) is 32.8 Å². The van der Waals surface area contributed by atoms with Gasteiger partial charge in [-0.3, -0.25) is 4.72 Å². The van der Waals surface area contributed by atoms with E-state index in [4.69, 9.17) is 18.0 Å². The van der Waals surface area contributed by atoms with Gasteiger partial charge >= 0.3 is 0 Å². The molecule has 0 saturated carbocycles. The molecule has 1 atom stereocenters. The van der Waals surface area contributed by atoms with E-state index in [9.17, 15) is 8.42 Å². The smallest absolute Gasteiger partial charge is 0.241 e. The minimum Gasteiger partial charge on any atom is -0.392 e. The number of nitrogens with two attached hydrogens (primary N) is 1. The Kier molecular flexibility index (Phi) is 4.53. The maximum atomic E-state index is 12.0. The number of hydrogen-bond donors (Lipinski definition) is 2. The molecular weight excluding hydrogens is 270 g/mol. The van der Waals surface area contributed by atoms with Crippen molar-refractivity contribution in [1.29, 1.82) is 0 Å². The van der Waals surface area contributed by atoms with Gasteiger partial charge in [0.2, 0.25) is 10.0 Å². The summed E-state index contributed by atoms with van der Waals surface area (Å²) in [5.74, 6) is 0. The Morgan fingerprint density at radius 2 is 1.94 bits per heavy atom. The molecule has 18 heavy (non-hydrogen) atoms. The molecule has 7 heteroatoms. The van der Waals surface area contributed by atoms with Crippen molar-refractivity contribution >= 4 is 38.6 Å². The summed E-state index contributed by atoms with van der Waals surface area (Å²) in [5, 5.41) is -0.914. The maximum absolute atomic E-state index is 12.0. The molecule has 0 spiro atoms. The lowest BCUT2D eigenvalue weighted by atomic mass is 10.2. The first-order valence-corrected chi connectivity index (χ1v) is 7.28. The molecule has 1 aromatic rings. The van der Waals surface area contributed by atoms with Crippen LogP contribution >= 0.6 is 12.2 Å². The molecule has 0 aliphatic heterocycles. The van der Waals surface area contributed by atoms with Crippen LogP contribution in [0.4, 0.5) is 11.4 Å². The molecule has 100 valence electrons. The zero-order chi connectivity index (χ0) is 13.9. The van der Waals surface area contributed by atoms with Gasteiger partial charge in [0.1, 0.15) is 5.25 Å². The fourth-order valence-corrected chi connectivity index (χ4v) is 2.69. The summed E-state index contributed by atoms with van der Waals surface area (Å²) in [6.45, 7) is 1.46. The van der Waals surface area contributed by atoms with E-state index in [-0.39, 0.29) is 4.99 Å². The first kappa shape index (κ1) is 14.7. The second-order valence-electron chi connectivity index (χ2n) is 4.10. The van der Waals surface area contributed by atoms with E-state index < -0.39 is 15.3 Å². The van der Waals surface area contributed by atoms with Crippen molar-refractivity contribution in [1.82, 2.24) is 0 Å². The molecule has 0 radical (unpaired) electrons. The van der Waals surface area contributed by atoms with E-state index in [1.54, 1.807) is 12.1 Å². The Bertz CT molecular complexity index is 541. The van der Waals surface area contributed by atoms with Crippen LogP contribution in [0, 0.1) is 0 Å². The Morgan fingerprint density at radius 3 is 2.44 bits per heavy atom. The van der Waals surface area contributed by atoms with Gasteiger partial charge in [-0.25, -0.2) is 8.42 Å². The molecule has 0 saturated heterocycles. The lowest BCUT2D eigenvalue weighted by molar-refractivity contribution is 0.598. The number of rotatable bonds is 5. The molecule has 0 aromatic heterocycles. The molecule has 0 amide bonds. The van der Waals surface area contributed by atoms with E-state index in [1.807, 2.05) is 31.1 Å². The second-order valence-corrected chi connectivity index (χ2v) is 6.58. The van der Waals surface area contributed by atoms with Crippen molar-refractivity contribution in [3.05, 3.63) is 24.3 Å². The van der Waals surface area contributed by atoms with Gasteiger partial charge in [-0.05, 0) is 19.1 Å². The van der Waals surface area contributed by atoms with Gasteiger partial charge in [0.15, 0.2) is 0 Å². The lowest BCUT2D eigenvalue weighted by Gasteiger charge is -2.20. The Balaban J connectivity index is 3.09. The third-order valence-electron chi connectivity index (χ3n) is 2.50. The molecule has 0 bridgehead atoms. The monoisotopic (exact) mass is 287 g/mol. The van der Waals surface area contributed by atoms with E-state index in [1.165, 1.54) is 6.92 Å². The number of hydrogen-bond acceptors (Lipinski definition) is 4. The summed E-state index contributed by atoms with van der Waals surface area (Å²) >= 11 is 4.72. The van der Waals surface area contributed by atoms with Crippen LogP contribution in [0.1, 0.15) is 6.92 Å². The summed E-state index contributed by atoms with van der Waals surface area (Å²) in [4.78, 5) is 1.77. The number of anilines is 2. The largest absolute Gasteiger partial charge is 0.392 e. The number of nitrogens with one attached hydrogen (secondary N) is 1. The first-order chi connectivity index (χ1) is 8.25. The van der Waals surface area contributed by atoms with Crippen molar-refractivity contribution in [2.45, 2.75) is 12.2 Å². The molecular formula is C11H17N3O2S2. The van der Waals surface area contributed by atoms with Gasteiger partial charge in [0.25, 0.3) is 0 Å². The van der Waals surface area contributed by atoms with Crippen LogP contribution in [0.15, 0.2) is 24.3 Å². The van der Waals surface area contributed by atoms with Gasteiger partial charge in [-0.2, -0.15) is 0 Å². The average molecular weight is 287 g/mol. The average Bonchev–Trinajstić information content (AvgIpc) is 2.27. The number of sulfonamides is 1. The highest BCUT2D eigenvalue weighted by Gasteiger charge is 2.24. The Morgan fingerprint density at radius 1 is 1.39 bits per heavy atom. The fraction of sp³-hybridized carbons (Fsp3) is 0.364. The number of para-hydroxylation sites is 2. The van der Waals surface area contributed by atoms with E-state index in [0.717, 1.165) is 5.69 Å². The Hall–Kier alpha value is -1.34. The van der Waals surface area contributed by atoms with Crippen molar-refractivity contribution in [3.63, 3.8) is 0 Å². The predicted molar refractivity (Wildman–Crippen MR) is 79.6 cm³/mol. The second kappa shape index (κ2) is 5.53. The van der Waals surface area contributed by atoms with Gasteiger partial charge in [-0.1, -0.05) is 24.4 Å². The third-order valence-corrected chi connectivity index (χ3v) is 4.70. The summed E-state index contributed by atoms with van der Waals surface area (Å²) in [7, 11) is 0.0634. The molecule has 0 heterocycles. The summed E-state index contributed by atoms with van der Waals surface area (Å²) < 4.78 is 26.6. The molecule has 1 unspecified atom stereocenters. The standard InChI is InChI=1S/C11H17N3O2S2/c1-8(11(12)17)18(15,16)13-9-6-4-5-7-10(9)14(2)3/h4-8,13H,1-3H3,(H2,12,17). The van der Waals surface area contributed by atoms with Crippen LogP contribution in [0.2, 0.25) is 0 Å². The van der Waals surface area contributed by atoms with Crippen molar-refractivity contribution < 1.29 is 8.42 Å². The lowest BCUT2D eigenvalue weighted by Crippen LogP contribution is -2.36. The van der Waals surface area contributed by atoms with Crippen molar-refractivity contribution in [2.24, 2.45) is 5.73 Å². The van der Waals surface area contributed by atoms with E-state index in [2.05, 4.69) is 4.72 Å². The van der Waals surface area contributed by atoms with Gasteiger partial charge < -0.3 is 10.6 Å². The highest BCUT2D eigenvalue weighted by Crippen LogP contribution is 2.25. The van der Waals surface area contributed by atoms with Crippen LogP contribution in [0.3, 0.4) is 0 Å². The topological polar surface area (TPSA) is 75.4 Å². The molecule has 1 aromatic carbocycles. The van der Waals surface area contributed by atoms with Crippen LogP contribution in [0.5, 0.6) is 0 Å². The van der Waals surface area contributed by atoms with Gasteiger partial charge in [0, 0.05) is 14.1 Å². The SMILES string of the molecule is CC(C(N)=S)S(=O)(=O)Nc1ccccc1N(C)C. The molecule has 0 aliphatic carbocycles. The molecule has 5 nitrogen and oxygen atoms in total. The van der Waals surface area contributed by atoms with Gasteiger partial charge in [0.05, 0.1) is 16.4 Å². The zero-order valence-electron chi connectivity index (χ0n) is 10.5. The van der Waals surface area contributed by atoms with E-state index in [0.29, 0.717) is 5.69 Å². The fourth-order valence-electron chi connectivity index (χ4n) is 1.34. The normalized spacial score (nSPS) is 12.8. The number of nitrogens with zero attached hydrogens (tertiary/aromatic N) is 1. The number of thiocarbonyl (C=S) groups is 1. The predicted octanol–water partition coefficient (Wildman–Crippen LogP) is 1.17. The zero-order valence-corrected chi connectivity index (χ0v) is 12.2. The van der Waals surface area contributed by atoms with Crippen LogP contribution in [0.25, 0.3) is 0 Å². The number of benzene rings is 1. The molecule has 3 N–H and O–H groups in total. The highest BCUT2D eigenvalue weighted by atomic mass is 32.2. The molecule has 0 aliphatic rings. The van der Waals surface area contributed by atoms with Crippen LogP contribution in [-0.2, 0) is 10.0 Å². The summed E-state index contributed by atoms with van der Waals surface area (Å²) in [6.07, 6.45) is 0. The minimum atomic E-state index is -3.61. The molecule has 0 fully saturated rings. The van der Waals surface area contributed by atoms with E-state index >= 15 is 0 Å². The third kappa shape index (κ3) is 3.33. The quantitative estimate of drug-likeness (QED) is 0.795. The Labute approximate surface area is 113 Å². The van der Waals surface area contributed by atoms with Crippen molar-refractivity contribution in [3.8, 4) is 0 Å². The molecule has 1 rings (SSSR count). The highest BCUT2D eigenvalue weighted by molar-refractivity contribution is 7.95. The maximum Gasteiger partial charge on any atom is 0.241 e. The summed E-state index contributed by atoms with van der Waals surface area (Å²) in [5.41, 5.74) is 6.65. The van der Waals surface area contributed by atoms with Gasteiger partial charge in [-0.15, -0.1) is 0 Å². The van der Waals surface area contributed by atoms with Crippen molar-refractivity contribution in [2.75, 3.05) is 23.7 Å². The summed E-state index contributed by atoms with van der Waals surface area (Å²) in [6, 6.07) is 7.11. The first-order valence-electron chi connectivity index (χ1n) is 5.33. The minimum absolute atomic E-state index is 0.0511.